The normalized spacial score (nSPS) is 33.2. The van der Waals surface area contributed by atoms with Crippen molar-refractivity contribution >= 4 is 15.9 Å². The van der Waals surface area contributed by atoms with Crippen molar-refractivity contribution in [2.45, 2.75) is 49.6 Å². The summed E-state index contributed by atoms with van der Waals surface area (Å²) in [7, 11) is 0. The summed E-state index contributed by atoms with van der Waals surface area (Å²) in [6.45, 7) is 3.89. The van der Waals surface area contributed by atoms with E-state index in [-0.39, 0.29) is 10.9 Å². The average molecular weight is 274 g/mol. The van der Waals surface area contributed by atoms with Gasteiger partial charge in [0.25, 0.3) is 0 Å². The second-order valence-corrected chi connectivity index (χ2v) is 5.88. The molecule has 1 aliphatic rings. The van der Waals surface area contributed by atoms with Crippen molar-refractivity contribution in [2.75, 3.05) is 0 Å². The summed E-state index contributed by atoms with van der Waals surface area (Å²) in [6.07, 6.45) is 4.80. The van der Waals surface area contributed by atoms with Gasteiger partial charge in [-0.1, -0.05) is 21.1 Å². The molecule has 0 spiro atoms. The number of hydrogen-bond acceptors (Lipinski definition) is 3. The third-order valence-corrected chi connectivity index (χ3v) is 3.60. The van der Waals surface area contributed by atoms with E-state index in [4.69, 9.17) is 0 Å². The lowest BCUT2D eigenvalue weighted by molar-refractivity contribution is 0.0215. The van der Waals surface area contributed by atoms with E-state index >= 15 is 0 Å². The van der Waals surface area contributed by atoms with Crippen LogP contribution in [0.4, 0.5) is 0 Å². The van der Waals surface area contributed by atoms with Crippen LogP contribution >= 0.6 is 15.9 Å². The molecule has 0 bridgehead atoms. The molecule has 84 valence electrons. The number of aromatic nitrogens is 3. The summed E-state index contributed by atoms with van der Waals surface area (Å²) in [5.41, 5.74) is 0.276. The fourth-order valence-corrected chi connectivity index (χ4v) is 2.38. The van der Waals surface area contributed by atoms with Crippen LogP contribution < -0.4 is 0 Å². The summed E-state index contributed by atoms with van der Waals surface area (Å²) in [5, 5.41) is 18.3. The molecule has 15 heavy (non-hydrogen) atoms. The predicted molar refractivity (Wildman–Crippen MR) is 60.9 cm³/mol. The van der Waals surface area contributed by atoms with Crippen molar-refractivity contribution < 1.29 is 5.11 Å². The Kier molecular flexibility index (Phi) is 2.85. The first-order valence-corrected chi connectivity index (χ1v) is 6.20. The van der Waals surface area contributed by atoms with Crippen LogP contribution in [0.25, 0.3) is 0 Å². The Labute approximate surface area is 97.8 Å². The van der Waals surface area contributed by atoms with Crippen LogP contribution in [-0.2, 0) is 0 Å². The zero-order valence-corrected chi connectivity index (χ0v) is 10.6. The predicted octanol–water partition coefficient (Wildman–Crippen LogP) is 2.21. The van der Waals surface area contributed by atoms with Crippen molar-refractivity contribution in [1.82, 2.24) is 15.0 Å². The molecule has 1 aliphatic carbocycles. The van der Waals surface area contributed by atoms with Gasteiger partial charge in [0, 0.05) is 0 Å². The van der Waals surface area contributed by atoms with Crippen LogP contribution in [0.3, 0.4) is 0 Å². The third kappa shape index (κ3) is 2.08. The Morgan fingerprint density at radius 3 is 2.93 bits per heavy atom. The highest BCUT2D eigenvalue weighted by Crippen LogP contribution is 2.38. The fourth-order valence-electron chi connectivity index (χ4n) is 2.17. The Hall–Kier alpha value is -0.420. The molecule has 0 saturated heterocycles. The van der Waals surface area contributed by atoms with Crippen LogP contribution in [0, 0.1) is 0 Å². The van der Waals surface area contributed by atoms with Gasteiger partial charge in [0.15, 0.2) is 0 Å². The molecule has 1 aromatic heterocycles. The molecule has 5 heteroatoms. The van der Waals surface area contributed by atoms with Crippen LogP contribution in [0.1, 0.15) is 49.7 Å². The van der Waals surface area contributed by atoms with Gasteiger partial charge in [-0.15, -0.1) is 5.10 Å². The SMILES string of the molecule is CC(Br)c1cn(C2CCCC2(C)O)nn1. The lowest BCUT2D eigenvalue weighted by Crippen LogP contribution is -2.31. The summed E-state index contributed by atoms with van der Waals surface area (Å²) in [6, 6.07) is 0.0741. The van der Waals surface area contributed by atoms with Gasteiger partial charge >= 0.3 is 0 Å². The van der Waals surface area contributed by atoms with Crippen LogP contribution in [-0.4, -0.2) is 25.7 Å². The van der Waals surface area contributed by atoms with Gasteiger partial charge < -0.3 is 5.11 Å². The molecule has 2 rings (SSSR count). The zero-order chi connectivity index (χ0) is 11.1. The smallest absolute Gasteiger partial charge is 0.0960 e. The molecule has 1 heterocycles. The number of rotatable bonds is 2. The van der Waals surface area contributed by atoms with E-state index in [0.29, 0.717) is 0 Å². The monoisotopic (exact) mass is 273 g/mol. The van der Waals surface area contributed by atoms with Crippen LogP contribution in [0.2, 0.25) is 0 Å². The molecule has 3 atom stereocenters. The van der Waals surface area contributed by atoms with E-state index in [1.54, 1.807) is 4.68 Å². The van der Waals surface area contributed by atoms with E-state index in [2.05, 4.69) is 26.2 Å². The second-order valence-electron chi connectivity index (χ2n) is 4.50. The minimum Gasteiger partial charge on any atom is -0.388 e. The van der Waals surface area contributed by atoms with Gasteiger partial charge in [-0.2, -0.15) is 0 Å². The largest absolute Gasteiger partial charge is 0.388 e. The van der Waals surface area contributed by atoms with Gasteiger partial charge in [-0.05, 0) is 33.1 Å². The van der Waals surface area contributed by atoms with Crippen molar-refractivity contribution in [3.05, 3.63) is 11.9 Å². The number of halogens is 1. The van der Waals surface area contributed by atoms with Crippen LogP contribution in [0.5, 0.6) is 0 Å². The fraction of sp³-hybridized carbons (Fsp3) is 0.800. The molecule has 1 fully saturated rings. The van der Waals surface area contributed by atoms with Gasteiger partial charge in [0.1, 0.15) is 0 Å². The Morgan fingerprint density at radius 1 is 1.73 bits per heavy atom. The molecule has 1 N–H and O–H groups in total. The van der Waals surface area contributed by atoms with Gasteiger partial charge in [0.05, 0.1) is 28.4 Å². The first kappa shape index (κ1) is 11.1. The molecule has 1 saturated carbocycles. The van der Waals surface area contributed by atoms with Crippen molar-refractivity contribution in [1.29, 1.82) is 0 Å². The molecule has 0 amide bonds. The van der Waals surface area contributed by atoms with Crippen molar-refractivity contribution in [3.8, 4) is 0 Å². The van der Waals surface area contributed by atoms with E-state index in [9.17, 15) is 5.11 Å². The number of hydrogen-bond donors (Lipinski definition) is 1. The maximum absolute atomic E-state index is 10.2. The van der Waals surface area contributed by atoms with Gasteiger partial charge in [-0.25, -0.2) is 4.68 Å². The highest BCUT2D eigenvalue weighted by Gasteiger charge is 2.38. The van der Waals surface area contributed by atoms with Crippen molar-refractivity contribution in [2.24, 2.45) is 0 Å². The van der Waals surface area contributed by atoms with E-state index in [1.165, 1.54) is 0 Å². The minimum absolute atomic E-state index is 0.0741. The number of aliphatic hydroxyl groups is 1. The molecule has 3 unspecified atom stereocenters. The summed E-state index contributed by atoms with van der Waals surface area (Å²) >= 11 is 3.45. The second kappa shape index (κ2) is 3.87. The first-order valence-electron chi connectivity index (χ1n) is 5.29. The zero-order valence-electron chi connectivity index (χ0n) is 9.02. The summed E-state index contributed by atoms with van der Waals surface area (Å²) < 4.78 is 1.81. The maximum atomic E-state index is 10.2. The average Bonchev–Trinajstić information content (AvgIpc) is 2.69. The number of alkyl halides is 1. The van der Waals surface area contributed by atoms with E-state index in [0.717, 1.165) is 25.0 Å². The molecular formula is C10H16BrN3O. The molecule has 0 radical (unpaired) electrons. The highest BCUT2D eigenvalue weighted by atomic mass is 79.9. The topological polar surface area (TPSA) is 50.9 Å². The highest BCUT2D eigenvalue weighted by molar-refractivity contribution is 9.09. The Balaban J connectivity index is 2.22. The summed E-state index contributed by atoms with van der Waals surface area (Å²) in [5.74, 6) is 0. The molecular weight excluding hydrogens is 258 g/mol. The van der Waals surface area contributed by atoms with Crippen molar-refractivity contribution in [3.63, 3.8) is 0 Å². The molecule has 0 aromatic carbocycles. The third-order valence-electron chi connectivity index (χ3n) is 3.13. The first-order chi connectivity index (χ1) is 7.00. The molecule has 1 aromatic rings. The van der Waals surface area contributed by atoms with E-state index < -0.39 is 5.60 Å². The van der Waals surface area contributed by atoms with Gasteiger partial charge in [-0.3, -0.25) is 0 Å². The Bertz CT molecular complexity index is 348. The van der Waals surface area contributed by atoms with E-state index in [1.807, 2.05) is 20.0 Å². The van der Waals surface area contributed by atoms with Crippen LogP contribution in [0.15, 0.2) is 6.20 Å². The molecule has 4 nitrogen and oxygen atoms in total. The summed E-state index contributed by atoms with van der Waals surface area (Å²) in [4.78, 5) is 0.206. The quantitative estimate of drug-likeness (QED) is 0.841. The van der Waals surface area contributed by atoms with Gasteiger partial charge in [0.2, 0.25) is 0 Å². The maximum Gasteiger partial charge on any atom is 0.0960 e. The molecule has 0 aliphatic heterocycles. The number of nitrogens with zero attached hydrogens (tertiary/aromatic N) is 3. The lowest BCUT2D eigenvalue weighted by atomic mass is 10.0. The lowest BCUT2D eigenvalue weighted by Gasteiger charge is -2.25. The Morgan fingerprint density at radius 2 is 2.47 bits per heavy atom. The standard InChI is InChI=1S/C10H16BrN3O/c1-7(11)8-6-14(13-12-8)9-4-3-5-10(9,2)15/h6-7,9,15H,3-5H2,1-2H3. The minimum atomic E-state index is -0.638.